The van der Waals surface area contributed by atoms with Crippen molar-refractivity contribution >= 4 is 19.2 Å². The van der Waals surface area contributed by atoms with E-state index < -0.39 is 8.32 Å². The summed E-state index contributed by atoms with van der Waals surface area (Å²) in [6.07, 6.45) is 7.13. The van der Waals surface area contributed by atoms with Crippen molar-refractivity contribution in [3.05, 3.63) is 55.2 Å². The predicted octanol–water partition coefficient (Wildman–Crippen LogP) is 4.70. The molecule has 0 bridgehead atoms. The van der Waals surface area contributed by atoms with Crippen LogP contribution < -0.4 is 0 Å². The average molecular weight is 421 g/mol. The lowest BCUT2D eigenvalue weighted by atomic mass is 10.1. The van der Waals surface area contributed by atoms with Crippen molar-refractivity contribution in [2.24, 2.45) is 0 Å². The molecule has 0 unspecified atom stereocenters. The number of hydrogen-bond acceptors (Lipinski definition) is 5. The van der Waals surface area contributed by atoms with Crippen LogP contribution in [0.15, 0.2) is 55.2 Å². The minimum absolute atomic E-state index is 0.224. The molecule has 0 amide bonds. The zero-order valence-corrected chi connectivity index (χ0v) is 19.2. The first-order chi connectivity index (χ1) is 14.2. The molecule has 0 saturated carbocycles. The van der Waals surface area contributed by atoms with Gasteiger partial charge in [-0.05, 0) is 48.5 Å². The molecule has 1 aromatic carbocycles. The predicted molar refractivity (Wildman–Crippen MR) is 121 cm³/mol. The van der Waals surface area contributed by atoms with Crippen LogP contribution in [0, 0.1) is 0 Å². The Labute approximate surface area is 177 Å². The third-order valence-electron chi connectivity index (χ3n) is 5.88. The Morgan fingerprint density at radius 1 is 1.03 bits per heavy atom. The third kappa shape index (κ3) is 4.06. The lowest BCUT2D eigenvalue weighted by molar-refractivity contribution is 0.273. The third-order valence-corrected chi connectivity index (χ3v) is 10.4. The van der Waals surface area contributed by atoms with Gasteiger partial charge < -0.3 is 8.99 Å². The van der Waals surface area contributed by atoms with Crippen LogP contribution in [0.1, 0.15) is 20.8 Å². The Balaban J connectivity index is 1.50. The maximum absolute atomic E-state index is 6.34. The van der Waals surface area contributed by atoms with E-state index in [2.05, 4.69) is 88.9 Å². The summed E-state index contributed by atoms with van der Waals surface area (Å²) in [6.45, 7) is 13.0. The lowest BCUT2D eigenvalue weighted by Gasteiger charge is -2.36. The molecule has 0 saturated heterocycles. The molecule has 0 aliphatic carbocycles. The van der Waals surface area contributed by atoms with Crippen LogP contribution in [0.25, 0.3) is 28.2 Å². The van der Waals surface area contributed by atoms with Crippen LogP contribution in [-0.2, 0) is 11.0 Å². The Morgan fingerprint density at radius 2 is 1.80 bits per heavy atom. The SMILES string of the molecule is CC(C)(C)[Si](C)(C)OCCn1ccc2cc(-c3ncn(-c4ncccn4)n3)ccc21. The Hall–Kier alpha value is -2.84. The Kier molecular flexibility index (Phi) is 5.29. The first-order valence-electron chi connectivity index (χ1n) is 10.2. The monoisotopic (exact) mass is 420 g/mol. The van der Waals surface area contributed by atoms with Gasteiger partial charge in [-0.15, -0.1) is 5.10 Å². The first kappa shape index (κ1) is 20.4. The van der Waals surface area contributed by atoms with Crippen LogP contribution in [0.5, 0.6) is 0 Å². The molecule has 0 spiro atoms. The van der Waals surface area contributed by atoms with Gasteiger partial charge >= 0.3 is 0 Å². The van der Waals surface area contributed by atoms with Crippen molar-refractivity contribution < 1.29 is 4.43 Å². The second kappa shape index (κ2) is 7.77. The van der Waals surface area contributed by atoms with E-state index in [0.717, 1.165) is 24.1 Å². The molecule has 3 heterocycles. The summed E-state index contributed by atoms with van der Waals surface area (Å²) >= 11 is 0. The molecule has 0 aliphatic rings. The van der Waals surface area contributed by atoms with Crippen molar-refractivity contribution in [3.8, 4) is 17.3 Å². The highest BCUT2D eigenvalue weighted by Crippen LogP contribution is 2.36. The van der Waals surface area contributed by atoms with E-state index in [9.17, 15) is 0 Å². The topological polar surface area (TPSA) is 70.7 Å². The summed E-state index contributed by atoms with van der Waals surface area (Å²) in [5.41, 5.74) is 2.15. The molecule has 8 heteroatoms. The minimum atomic E-state index is -1.73. The van der Waals surface area contributed by atoms with Gasteiger partial charge in [-0.1, -0.05) is 20.8 Å². The number of hydrogen-bond donors (Lipinski definition) is 0. The van der Waals surface area contributed by atoms with Gasteiger partial charge in [-0.2, -0.15) is 4.68 Å². The Bertz CT molecular complexity index is 1140. The molecular weight excluding hydrogens is 392 g/mol. The summed E-state index contributed by atoms with van der Waals surface area (Å²) in [7, 11) is -1.73. The highest BCUT2D eigenvalue weighted by molar-refractivity contribution is 6.74. The van der Waals surface area contributed by atoms with E-state index in [1.54, 1.807) is 29.5 Å². The van der Waals surface area contributed by atoms with E-state index in [4.69, 9.17) is 4.43 Å². The fraction of sp³-hybridized carbons (Fsp3) is 0.364. The molecule has 4 rings (SSSR count). The van der Waals surface area contributed by atoms with Crippen molar-refractivity contribution in [2.45, 2.75) is 45.4 Å². The minimum Gasteiger partial charge on any atom is -0.415 e. The van der Waals surface area contributed by atoms with Gasteiger partial charge in [0.1, 0.15) is 6.33 Å². The number of benzene rings is 1. The van der Waals surface area contributed by atoms with Crippen LogP contribution in [0.4, 0.5) is 0 Å². The summed E-state index contributed by atoms with van der Waals surface area (Å²) in [5.74, 6) is 1.16. The number of fused-ring (bicyclic) bond motifs is 1. The largest absolute Gasteiger partial charge is 0.415 e. The fourth-order valence-electron chi connectivity index (χ4n) is 3.05. The van der Waals surface area contributed by atoms with Gasteiger partial charge in [0.25, 0.3) is 5.95 Å². The van der Waals surface area contributed by atoms with E-state index >= 15 is 0 Å². The standard InChI is InChI=1S/C22H28N6OSi/c1-22(2,3)30(4,5)29-14-13-27-12-9-17-15-18(7-8-19(17)27)20-25-16-28(26-20)21-23-10-6-11-24-21/h6-12,15-16H,13-14H2,1-5H3. The smallest absolute Gasteiger partial charge is 0.251 e. The maximum Gasteiger partial charge on any atom is 0.251 e. The quantitative estimate of drug-likeness (QED) is 0.423. The van der Waals surface area contributed by atoms with Gasteiger partial charge in [0.2, 0.25) is 0 Å². The lowest BCUT2D eigenvalue weighted by Crippen LogP contribution is -2.41. The molecule has 0 radical (unpaired) electrons. The molecule has 3 aromatic heterocycles. The maximum atomic E-state index is 6.34. The summed E-state index contributed by atoms with van der Waals surface area (Å²) in [4.78, 5) is 12.8. The van der Waals surface area contributed by atoms with E-state index in [1.807, 2.05) is 0 Å². The highest BCUT2D eigenvalue weighted by atomic mass is 28.4. The molecule has 156 valence electrons. The summed E-state index contributed by atoms with van der Waals surface area (Å²) < 4.78 is 10.2. The van der Waals surface area contributed by atoms with Crippen molar-refractivity contribution in [3.63, 3.8) is 0 Å². The van der Waals surface area contributed by atoms with Crippen molar-refractivity contribution in [2.75, 3.05) is 6.61 Å². The highest BCUT2D eigenvalue weighted by Gasteiger charge is 2.36. The van der Waals surface area contributed by atoms with Gasteiger partial charge in [-0.3, -0.25) is 0 Å². The molecule has 0 atom stereocenters. The first-order valence-corrected chi connectivity index (χ1v) is 13.1. The fourth-order valence-corrected chi connectivity index (χ4v) is 4.09. The van der Waals surface area contributed by atoms with Crippen LogP contribution >= 0.6 is 0 Å². The van der Waals surface area contributed by atoms with Gasteiger partial charge in [0.15, 0.2) is 14.1 Å². The van der Waals surface area contributed by atoms with Crippen molar-refractivity contribution in [1.82, 2.24) is 29.3 Å². The van der Waals surface area contributed by atoms with Crippen LogP contribution in [0.3, 0.4) is 0 Å². The van der Waals surface area contributed by atoms with Crippen molar-refractivity contribution in [1.29, 1.82) is 0 Å². The van der Waals surface area contributed by atoms with E-state index in [1.165, 1.54) is 5.52 Å². The molecule has 7 nitrogen and oxygen atoms in total. The number of nitrogens with zero attached hydrogens (tertiary/aromatic N) is 6. The molecule has 0 N–H and O–H groups in total. The second-order valence-electron chi connectivity index (χ2n) is 8.95. The number of aromatic nitrogens is 6. The second-order valence-corrected chi connectivity index (χ2v) is 13.8. The van der Waals surface area contributed by atoms with Gasteiger partial charge in [0.05, 0.1) is 6.61 Å². The van der Waals surface area contributed by atoms with E-state index in [0.29, 0.717) is 11.8 Å². The molecular formula is C22H28N6OSi. The molecule has 0 fully saturated rings. The van der Waals surface area contributed by atoms with Crippen LogP contribution in [-0.4, -0.2) is 44.2 Å². The molecule has 4 aromatic rings. The van der Waals surface area contributed by atoms with Gasteiger partial charge in [-0.25, -0.2) is 15.0 Å². The number of rotatable bonds is 6. The Morgan fingerprint density at radius 3 is 2.53 bits per heavy atom. The molecule has 30 heavy (non-hydrogen) atoms. The van der Waals surface area contributed by atoms with Gasteiger partial charge in [0, 0.05) is 41.6 Å². The normalized spacial score (nSPS) is 12.6. The molecule has 0 aliphatic heterocycles. The van der Waals surface area contributed by atoms with Crippen LogP contribution in [0.2, 0.25) is 18.1 Å². The average Bonchev–Trinajstić information content (AvgIpc) is 3.35. The zero-order chi connectivity index (χ0) is 21.4. The summed E-state index contributed by atoms with van der Waals surface area (Å²) in [5, 5.41) is 5.91. The zero-order valence-electron chi connectivity index (χ0n) is 18.2. The van der Waals surface area contributed by atoms with E-state index in [-0.39, 0.29) is 5.04 Å². The summed E-state index contributed by atoms with van der Waals surface area (Å²) in [6, 6.07) is 10.2.